The number of carboxylic acid groups (broad SMARTS) is 1. The van der Waals surface area contributed by atoms with Crippen LogP contribution in [0.2, 0.25) is 0 Å². The van der Waals surface area contributed by atoms with Crippen LogP contribution >= 0.6 is 0 Å². The third kappa shape index (κ3) is 3.48. The zero-order chi connectivity index (χ0) is 19.0. The van der Waals surface area contributed by atoms with Crippen LogP contribution in [0.1, 0.15) is 19.5 Å². The molecule has 1 aromatic heterocycles. The van der Waals surface area contributed by atoms with Crippen molar-refractivity contribution in [1.29, 1.82) is 0 Å². The Kier molecular flexibility index (Phi) is 5.11. The van der Waals surface area contributed by atoms with Crippen molar-refractivity contribution in [3.8, 4) is 0 Å². The molecule has 1 saturated heterocycles. The molecule has 1 fully saturated rings. The van der Waals surface area contributed by atoms with Gasteiger partial charge in [-0.1, -0.05) is 6.07 Å². The minimum Gasteiger partial charge on any atom is -0.480 e. The van der Waals surface area contributed by atoms with Crippen molar-refractivity contribution in [2.45, 2.75) is 24.6 Å². The molecule has 1 unspecified atom stereocenters. The summed E-state index contributed by atoms with van der Waals surface area (Å²) < 4.78 is 43.6. The van der Waals surface area contributed by atoms with Gasteiger partial charge in [-0.05, 0) is 26.0 Å². The molecule has 2 heterocycles. The van der Waals surface area contributed by atoms with Crippen LogP contribution < -0.4 is 0 Å². The van der Waals surface area contributed by atoms with Crippen molar-refractivity contribution >= 4 is 37.7 Å². The number of amides is 1. The highest BCUT2D eigenvalue weighted by molar-refractivity contribution is 7.93. The Morgan fingerprint density at radius 1 is 1.40 bits per heavy atom. The molecule has 1 amide bonds. The van der Waals surface area contributed by atoms with Gasteiger partial charge in [0.2, 0.25) is 5.91 Å². The second-order valence-electron chi connectivity index (χ2n) is 5.87. The van der Waals surface area contributed by atoms with Gasteiger partial charge >= 0.3 is 5.97 Å². The van der Waals surface area contributed by atoms with Gasteiger partial charge in [0.15, 0.2) is 20.9 Å². The molecule has 0 aliphatic carbocycles. The van der Waals surface area contributed by atoms with Crippen LogP contribution in [-0.4, -0.2) is 60.7 Å². The SMILES string of the molecule is CC1(C)[C@H](C(=O)O)N(C(=O)/C=C(/c2ccccn2)S(=O)O)CS1(=O)=O. The molecule has 1 aliphatic rings. The standard InChI is InChI=1S/C14H16N2O7S2/c1-14(2)12(13(18)19)16(8-25(14,22)23)11(17)7-10(24(20)21)9-5-3-4-6-15-9/h3-7,12H,8H2,1-2H3,(H,18,19)(H,20,21)/b10-7-/t12-/m0/s1. The van der Waals surface area contributed by atoms with Crippen molar-refractivity contribution in [1.82, 2.24) is 9.88 Å². The van der Waals surface area contributed by atoms with E-state index >= 15 is 0 Å². The summed E-state index contributed by atoms with van der Waals surface area (Å²) >= 11 is -2.58. The molecule has 0 saturated carbocycles. The number of carbonyl (C=O) groups excluding carboxylic acids is 1. The van der Waals surface area contributed by atoms with Crippen molar-refractivity contribution in [3.63, 3.8) is 0 Å². The highest BCUT2D eigenvalue weighted by Crippen LogP contribution is 2.34. The van der Waals surface area contributed by atoms with E-state index < -0.39 is 49.5 Å². The number of pyridine rings is 1. The first-order valence-corrected chi connectivity index (χ1v) is 9.74. The fraction of sp³-hybridized carbons (Fsp3) is 0.357. The maximum absolute atomic E-state index is 12.5. The molecule has 0 spiro atoms. The molecule has 2 N–H and O–H groups in total. The smallest absolute Gasteiger partial charge is 0.328 e. The van der Waals surface area contributed by atoms with E-state index in [1.165, 1.54) is 32.2 Å². The number of aliphatic carboxylic acids is 1. The lowest BCUT2D eigenvalue weighted by Gasteiger charge is -2.26. The molecule has 11 heteroatoms. The molecule has 2 rings (SSSR count). The summed E-state index contributed by atoms with van der Waals surface area (Å²) in [6.07, 6.45) is 2.09. The third-order valence-corrected chi connectivity index (χ3v) is 7.11. The molecule has 2 atom stereocenters. The summed E-state index contributed by atoms with van der Waals surface area (Å²) in [6.45, 7) is 2.45. The fourth-order valence-corrected chi connectivity index (χ4v) is 4.55. The highest BCUT2D eigenvalue weighted by atomic mass is 32.2. The van der Waals surface area contributed by atoms with E-state index in [4.69, 9.17) is 0 Å². The van der Waals surface area contributed by atoms with Gasteiger partial charge in [0.05, 0.1) is 15.3 Å². The first-order valence-electron chi connectivity index (χ1n) is 6.98. The number of hydrogen-bond acceptors (Lipinski definition) is 6. The van der Waals surface area contributed by atoms with Crippen molar-refractivity contribution in [2.24, 2.45) is 0 Å². The van der Waals surface area contributed by atoms with E-state index in [9.17, 15) is 31.9 Å². The lowest BCUT2D eigenvalue weighted by Crippen LogP contribution is -2.49. The summed E-state index contributed by atoms with van der Waals surface area (Å²) in [5.74, 6) is -3.26. The largest absolute Gasteiger partial charge is 0.480 e. The first-order chi connectivity index (χ1) is 11.5. The normalized spacial score (nSPS) is 23.2. The minimum atomic E-state index is -3.89. The maximum atomic E-state index is 12.5. The summed E-state index contributed by atoms with van der Waals surface area (Å²) in [5.41, 5.74) is 0.0462. The van der Waals surface area contributed by atoms with Gasteiger partial charge in [0, 0.05) is 12.3 Å². The van der Waals surface area contributed by atoms with E-state index in [0.717, 1.165) is 6.08 Å². The average Bonchev–Trinajstić information content (AvgIpc) is 2.70. The summed E-state index contributed by atoms with van der Waals surface area (Å²) in [5, 5.41) is 9.36. The molecule has 1 aromatic rings. The second-order valence-corrected chi connectivity index (χ2v) is 9.35. The number of sulfone groups is 1. The zero-order valence-corrected chi connectivity index (χ0v) is 15.0. The Morgan fingerprint density at radius 2 is 2.04 bits per heavy atom. The lowest BCUT2D eigenvalue weighted by atomic mass is 10.0. The monoisotopic (exact) mass is 388 g/mol. The molecule has 0 radical (unpaired) electrons. The van der Waals surface area contributed by atoms with Gasteiger partial charge in [-0.3, -0.25) is 9.78 Å². The Morgan fingerprint density at radius 3 is 2.52 bits per heavy atom. The lowest BCUT2D eigenvalue weighted by molar-refractivity contribution is -0.148. The van der Waals surface area contributed by atoms with Crippen LogP contribution in [-0.2, 0) is 30.5 Å². The molecule has 9 nitrogen and oxygen atoms in total. The van der Waals surface area contributed by atoms with E-state index in [2.05, 4.69) is 4.98 Å². The van der Waals surface area contributed by atoms with E-state index in [-0.39, 0.29) is 10.6 Å². The Balaban J connectivity index is 2.48. The summed E-state index contributed by atoms with van der Waals surface area (Å²) in [6, 6.07) is 2.89. The molecule has 25 heavy (non-hydrogen) atoms. The predicted molar refractivity (Wildman–Crippen MR) is 89.1 cm³/mol. The number of carbonyl (C=O) groups is 2. The zero-order valence-electron chi connectivity index (χ0n) is 13.3. The second kappa shape index (κ2) is 6.65. The van der Waals surface area contributed by atoms with E-state index in [0.29, 0.717) is 4.90 Å². The van der Waals surface area contributed by atoms with Crippen molar-refractivity contribution in [2.75, 3.05) is 5.88 Å². The van der Waals surface area contributed by atoms with Gasteiger partial charge in [0.1, 0.15) is 11.9 Å². The van der Waals surface area contributed by atoms with E-state index in [1.807, 2.05) is 0 Å². The fourth-order valence-electron chi connectivity index (χ4n) is 2.51. The molecule has 0 aromatic carbocycles. The van der Waals surface area contributed by atoms with Gasteiger partial charge < -0.3 is 14.6 Å². The minimum absolute atomic E-state index is 0.0462. The number of nitrogens with zero attached hydrogens (tertiary/aromatic N) is 2. The number of aromatic nitrogens is 1. The van der Waals surface area contributed by atoms with Gasteiger partial charge in [0.25, 0.3) is 0 Å². The van der Waals surface area contributed by atoms with E-state index in [1.54, 1.807) is 6.07 Å². The van der Waals surface area contributed by atoms with Crippen molar-refractivity contribution in [3.05, 3.63) is 36.2 Å². The molecule has 136 valence electrons. The highest BCUT2D eigenvalue weighted by Gasteiger charge is 2.57. The number of carboxylic acids is 1. The molecular weight excluding hydrogens is 372 g/mol. The van der Waals surface area contributed by atoms with Crippen LogP contribution in [0.15, 0.2) is 30.5 Å². The predicted octanol–water partition coefficient (Wildman–Crippen LogP) is 0.0905. The Labute approximate surface area is 146 Å². The Hall–Kier alpha value is -2.11. The molecule has 1 aliphatic heterocycles. The van der Waals surface area contributed by atoms with Gasteiger partial charge in [-0.2, -0.15) is 0 Å². The summed E-state index contributed by atoms with van der Waals surface area (Å²) in [4.78, 5) is 28.2. The first kappa shape index (κ1) is 19.2. The van der Waals surface area contributed by atoms with Gasteiger partial charge in [-0.15, -0.1) is 0 Å². The quantitative estimate of drug-likeness (QED) is 0.546. The van der Waals surface area contributed by atoms with Crippen LogP contribution in [0.4, 0.5) is 0 Å². The van der Waals surface area contributed by atoms with Gasteiger partial charge in [-0.25, -0.2) is 17.4 Å². The topological polar surface area (TPSA) is 142 Å². The van der Waals surface area contributed by atoms with Crippen molar-refractivity contribution < 1.29 is 31.9 Å². The average molecular weight is 388 g/mol. The molecular formula is C14H16N2O7S2. The molecule has 0 bridgehead atoms. The maximum Gasteiger partial charge on any atom is 0.328 e. The number of hydrogen-bond donors (Lipinski definition) is 2. The van der Waals surface area contributed by atoms with Crippen LogP contribution in [0, 0.1) is 0 Å². The third-order valence-electron chi connectivity index (χ3n) is 3.96. The summed E-state index contributed by atoms with van der Waals surface area (Å²) in [7, 11) is -3.89. The van der Waals surface area contributed by atoms with Crippen LogP contribution in [0.5, 0.6) is 0 Å². The van der Waals surface area contributed by atoms with Crippen LogP contribution in [0.3, 0.4) is 0 Å². The number of rotatable bonds is 4. The van der Waals surface area contributed by atoms with Crippen LogP contribution in [0.25, 0.3) is 4.91 Å². The Bertz CT molecular complexity index is 862.